The summed E-state index contributed by atoms with van der Waals surface area (Å²) in [4.78, 5) is 10.0. The highest BCUT2D eigenvalue weighted by Gasteiger charge is 2.34. The Morgan fingerprint density at radius 2 is 2.33 bits per heavy atom. The average Bonchev–Trinajstić information content (AvgIpc) is 2.12. The van der Waals surface area contributed by atoms with Crippen molar-refractivity contribution in [2.45, 2.75) is 24.3 Å². The molecule has 2 N–H and O–H groups in total. The molecule has 1 rings (SSSR count). The molecule has 0 spiro atoms. The number of hydrogen-bond donors (Lipinski definition) is 2. The van der Waals surface area contributed by atoms with Crippen LogP contribution in [0.25, 0.3) is 0 Å². The smallest absolute Gasteiger partial charge is 0.312 e. The lowest BCUT2D eigenvalue weighted by atomic mass is 10.4. The molecule has 86 valence electrons. The van der Waals surface area contributed by atoms with Crippen molar-refractivity contribution in [3.8, 4) is 0 Å². The molecule has 1 aliphatic rings. The van der Waals surface area contributed by atoms with Crippen molar-refractivity contribution >= 4 is 35.0 Å². The van der Waals surface area contributed by atoms with Gasteiger partial charge in [0.25, 0.3) is 0 Å². The van der Waals surface area contributed by atoms with Gasteiger partial charge in [-0.1, -0.05) is 30.1 Å². The van der Waals surface area contributed by atoms with Gasteiger partial charge in [-0.25, -0.2) is 0 Å². The van der Waals surface area contributed by atoms with Crippen molar-refractivity contribution in [1.29, 1.82) is 0 Å². The summed E-state index contributed by atoms with van der Waals surface area (Å²) in [7, 11) is 0. The van der Waals surface area contributed by atoms with Crippen LogP contribution in [0.3, 0.4) is 0 Å². The molecule has 0 fully saturated rings. The van der Waals surface area contributed by atoms with E-state index in [1.807, 2.05) is 6.92 Å². The number of alkyl halides is 1. The summed E-state index contributed by atoms with van der Waals surface area (Å²) in [6.45, 7) is 2.05. The van der Waals surface area contributed by atoms with Gasteiger partial charge in [0.05, 0.1) is 4.92 Å². The minimum Gasteiger partial charge on any atom is -0.346 e. The maximum Gasteiger partial charge on any atom is 0.312 e. The molecular formula is C7H11Cl2N3O2S. The first kappa shape index (κ1) is 12.9. The van der Waals surface area contributed by atoms with Crippen molar-refractivity contribution in [2.24, 2.45) is 0 Å². The minimum absolute atomic E-state index is 0.00681. The van der Waals surface area contributed by atoms with Gasteiger partial charge in [-0.3, -0.25) is 15.4 Å². The second-order valence-corrected chi connectivity index (χ2v) is 4.91. The molecule has 0 radical (unpaired) electrons. The van der Waals surface area contributed by atoms with Gasteiger partial charge < -0.3 is 5.32 Å². The number of nitro groups is 1. The van der Waals surface area contributed by atoms with E-state index in [2.05, 4.69) is 10.6 Å². The summed E-state index contributed by atoms with van der Waals surface area (Å²) < 4.78 is 0. The van der Waals surface area contributed by atoms with Crippen molar-refractivity contribution in [3.05, 3.63) is 21.0 Å². The highest BCUT2D eigenvalue weighted by molar-refractivity contribution is 7.99. The van der Waals surface area contributed by atoms with Gasteiger partial charge >= 0.3 is 5.70 Å². The quantitative estimate of drug-likeness (QED) is 0.354. The van der Waals surface area contributed by atoms with Gasteiger partial charge in [0.15, 0.2) is 10.7 Å². The van der Waals surface area contributed by atoms with Gasteiger partial charge in [0.2, 0.25) is 0 Å². The molecule has 0 saturated carbocycles. The van der Waals surface area contributed by atoms with Gasteiger partial charge in [-0.15, -0.1) is 11.8 Å². The lowest BCUT2D eigenvalue weighted by Crippen LogP contribution is -2.49. The Hall–Kier alpha value is -0.170. The third-order valence-corrected chi connectivity index (χ3v) is 3.57. The Labute approximate surface area is 102 Å². The molecule has 0 saturated heterocycles. The Balaban J connectivity index is 2.67. The van der Waals surface area contributed by atoms with Gasteiger partial charge in [0, 0.05) is 0 Å². The van der Waals surface area contributed by atoms with Crippen LogP contribution in [-0.2, 0) is 0 Å². The summed E-state index contributed by atoms with van der Waals surface area (Å²) in [5, 5.41) is 16.2. The number of nitrogens with zero attached hydrogens (tertiary/aromatic N) is 1. The molecule has 2 atom stereocenters. The van der Waals surface area contributed by atoms with Gasteiger partial charge in [0.1, 0.15) is 5.50 Å². The molecule has 0 aliphatic carbocycles. The topological polar surface area (TPSA) is 67.2 Å². The third kappa shape index (κ3) is 3.41. The molecule has 0 aromatic heterocycles. The van der Waals surface area contributed by atoms with E-state index in [1.54, 1.807) is 11.8 Å². The predicted molar refractivity (Wildman–Crippen MR) is 62.3 cm³/mol. The Morgan fingerprint density at radius 1 is 1.67 bits per heavy atom. The van der Waals surface area contributed by atoms with E-state index in [0.717, 1.165) is 12.2 Å². The van der Waals surface area contributed by atoms with Crippen LogP contribution in [0, 0.1) is 10.1 Å². The monoisotopic (exact) mass is 271 g/mol. The fourth-order valence-corrected chi connectivity index (χ4v) is 2.75. The van der Waals surface area contributed by atoms with Crippen LogP contribution >= 0.6 is 35.0 Å². The van der Waals surface area contributed by atoms with Crippen LogP contribution in [0.2, 0.25) is 0 Å². The Bertz CT molecular complexity index is 287. The summed E-state index contributed by atoms with van der Waals surface area (Å²) in [5.41, 5.74) is -1.27. The lowest BCUT2D eigenvalue weighted by Gasteiger charge is -2.26. The maximum absolute atomic E-state index is 10.6. The molecular weight excluding hydrogens is 261 g/mol. The molecule has 0 aromatic rings. The number of halogens is 2. The zero-order chi connectivity index (χ0) is 11.4. The fourth-order valence-electron chi connectivity index (χ4n) is 1.05. The number of thioether (sulfide) groups is 1. The first-order valence-electron chi connectivity index (χ1n) is 4.38. The van der Waals surface area contributed by atoms with Crippen molar-refractivity contribution in [2.75, 3.05) is 5.75 Å². The predicted octanol–water partition coefficient (Wildman–Crippen LogP) is 1.86. The van der Waals surface area contributed by atoms with Gasteiger partial charge in [-0.05, 0) is 12.2 Å². The second kappa shape index (κ2) is 5.79. The van der Waals surface area contributed by atoms with E-state index in [9.17, 15) is 10.1 Å². The average molecular weight is 272 g/mol. The van der Waals surface area contributed by atoms with Gasteiger partial charge in [-0.2, -0.15) is 0 Å². The molecule has 0 bridgehead atoms. The van der Waals surface area contributed by atoms with Crippen LogP contribution in [0.15, 0.2) is 10.9 Å². The summed E-state index contributed by atoms with van der Waals surface area (Å²) in [6, 6.07) is 0. The summed E-state index contributed by atoms with van der Waals surface area (Å²) >= 11 is 13.1. The lowest BCUT2D eigenvalue weighted by molar-refractivity contribution is -0.429. The van der Waals surface area contributed by atoms with Crippen LogP contribution in [0.4, 0.5) is 0 Å². The van der Waals surface area contributed by atoms with Crippen molar-refractivity contribution < 1.29 is 4.92 Å². The first-order chi connectivity index (χ1) is 7.06. The Kier molecular flexibility index (Phi) is 4.98. The molecule has 0 amide bonds. The number of rotatable bonds is 4. The van der Waals surface area contributed by atoms with E-state index in [0.29, 0.717) is 0 Å². The first-order valence-corrected chi connectivity index (χ1v) is 6.25. The zero-order valence-corrected chi connectivity index (χ0v) is 10.3. The largest absolute Gasteiger partial charge is 0.346 e. The van der Waals surface area contributed by atoms with Crippen LogP contribution in [-0.4, -0.2) is 21.7 Å². The van der Waals surface area contributed by atoms with E-state index >= 15 is 0 Å². The van der Waals surface area contributed by atoms with E-state index in [4.69, 9.17) is 23.2 Å². The molecule has 5 nitrogen and oxygen atoms in total. The third-order valence-electron chi connectivity index (χ3n) is 1.71. The van der Waals surface area contributed by atoms with Crippen LogP contribution < -0.4 is 10.6 Å². The van der Waals surface area contributed by atoms with E-state index in [1.165, 1.54) is 0 Å². The summed E-state index contributed by atoms with van der Waals surface area (Å²) in [5.74, 6) is 0.923. The van der Waals surface area contributed by atoms with E-state index in [-0.39, 0.29) is 16.4 Å². The zero-order valence-electron chi connectivity index (χ0n) is 8.00. The SMILES string of the molecule is CCCSC1NC(Cl)=C([N+](=O)[O-])C(Cl)N1. The molecule has 1 aliphatic heterocycles. The molecule has 8 heteroatoms. The molecule has 0 aromatic carbocycles. The second-order valence-electron chi connectivity index (χ2n) is 2.88. The highest BCUT2D eigenvalue weighted by Crippen LogP contribution is 2.23. The molecule has 1 heterocycles. The standard InChI is InChI=1S/C7H11Cl2N3O2S/c1-2-3-15-7-10-5(8)4(12(13)14)6(9)11-7/h5,7,10-11H,2-3H2,1H3. The normalized spacial score (nSPS) is 26.3. The highest BCUT2D eigenvalue weighted by atomic mass is 35.5. The molecule has 2 unspecified atom stereocenters. The Morgan fingerprint density at radius 3 is 2.80 bits per heavy atom. The van der Waals surface area contributed by atoms with Crippen LogP contribution in [0.1, 0.15) is 13.3 Å². The number of hydrogen-bond acceptors (Lipinski definition) is 5. The van der Waals surface area contributed by atoms with Crippen molar-refractivity contribution in [1.82, 2.24) is 10.6 Å². The minimum atomic E-state index is -0.858. The maximum atomic E-state index is 10.6. The molecule has 15 heavy (non-hydrogen) atoms. The number of nitrogens with one attached hydrogen (secondary N) is 2. The van der Waals surface area contributed by atoms with Crippen molar-refractivity contribution in [3.63, 3.8) is 0 Å². The fraction of sp³-hybridized carbons (Fsp3) is 0.714. The summed E-state index contributed by atoms with van der Waals surface area (Å²) in [6.07, 6.45) is 1.01. The van der Waals surface area contributed by atoms with E-state index < -0.39 is 10.4 Å². The van der Waals surface area contributed by atoms with Crippen LogP contribution in [0.5, 0.6) is 0 Å².